The van der Waals surface area contributed by atoms with E-state index in [0.717, 1.165) is 21.8 Å². The van der Waals surface area contributed by atoms with Crippen LogP contribution in [0.4, 0.5) is 0 Å². The fraction of sp³-hybridized carbons (Fsp3) is 0.429. The number of thioether (sulfide) groups is 1. The van der Waals surface area contributed by atoms with Crippen LogP contribution in [-0.2, 0) is 14.3 Å². The average Bonchev–Trinajstić information content (AvgIpc) is 2.49. The molecule has 1 aliphatic rings. The number of benzene rings is 1. The molecule has 1 aliphatic heterocycles. The summed E-state index contributed by atoms with van der Waals surface area (Å²) in [5.41, 5.74) is 0.820. The molecule has 21 heavy (non-hydrogen) atoms. The molecule has 1 fully saturated rings. The van der Waals surface area contributed by atoms with Gasteiger partial charge in [-0.2, -0.15) is 0 Å². The number of carboxylic acid groups (broad SMARTS) is 1. The Morgan fingerprint density at radius 3 is 2.48 bits per heavy atom. The molecule has 1 amide bonds. The Balaban J connectivity index is 2.15. The van der Waals surface area contributed by atoms with Crippen molar-refractivity contribution >= 4 is 39.6 Å². The number of nitrogens with zero attached hydrogens (tertiary/aromatic N) is 1. The lowest BCUT2D eigenvalue weighted by molar-refractivity contribution is -0.134. The maximum Gasteiger partial charge on any atom is 0.313 e. The predicted octanol–water partition coefficient (Wildman–Crippen LogP) is 2.17. The van der Waals surface area contributed by atoms with Crippen molar-refractivity contribution in [2.24, 2.45) is 0 Å². The van der Waals surface area contributed by atoms with Crippen LogP contribution in [0.2, 0.25) is 0 Å². The lowest BCUT2D eigenvalue weighted by Crippen LogP contribution is -2.42. The van der Waals surface area contributed by atoms with Crippen molar-refractivity contribution < 1.29 is 19.4 Å². The highest BCUT2D eigenvalue weighted by atomic mass is 79.9. The van der Waals surface area contributed by atoms with E-state index in [2.05, 4.69) is 15.9 Å². The molecule has 0 aliphatic carbocycles. The molecule has 1 atom stereocenters. The van der Waals surface area contributed by atoms with Crippen LogP contribution in [0.1, 0.15) is 10.8 Å². The summed E-state index contributed by atoms with van der Waals surface area (Å²) in [4.78, 5) is 25.2. The Kier molecular flexibility index (Phi) is 6.08. The molecular formula is C14H16BrNO4S. The molecule has 1 N–H and O–H groups in total. The van der Waals surface area contributed by atoms with Crippen molar-refractivity contribution in [2.45, 2.75) is 5.25 Å². The fourth-order valence-corrected chi connectivity index (χ4v) is 3.27. The smallest absolute Gasteiger partial charge is 0.313 e. The van der Waals surface area contributed by atoms with Gasteiger partial charge in [0.25, 0.3) is 0 Å². The van der Waals surface area contributed by atoms with E-state index in [0.29, 0.717) is 26.3 Å². The molecular weight excluding hydrogens is 358 g/mol. The Morgan fingerprint density at radius 2 is 1.90 bits per heavy atom. The summed E-state index contributed by atoms with van der Waals surface area (Å²) < 4.78 is 6.17. The van der Waals surface area contributed by atoms with Crippen LogP contribution in [0.15, 0.2) is 28.7 Å². The van der Waals surface area contributed by atoms with Gasteiger partial charge in [0.1, 0.15) is 5.25 Å². The number of carboxylic acids is 1. The molecule has 0 spiro atoms. The van der Waals surface area contributed by atoms with Gasteiger partial charge in [0.05, 0.1) is 19.0 Å². The van der Waals surface area contributed by atoms with Gasteiger partial charge in [-0.05, 0) is 17.7 Å². The zero-order valence-corrected chi connectivity index (χ0v) is 13.7. The predicted molar refractivity (Wildman–Crippen MR) is 84.4 cm³/mol. The van der Waals surface area contributed by atoms with Crippen molar-refractivity contribution in [3.63, 3.8) is 0 Å². The summed E-state index contributed by atoms with van der Waals surface area (Å²) in [7, 11) is 0. The quantitative estimate of drug-likeness (QED) is 0.856. The van der Waals surface area contributed by atoms with Crippen LogP contribution in [0.3, 0.4) is 0 Å². The summed E-state index contributed by atoms with van der Waals surface area (Å²) in [6, 6.07) is 7.41. The van der Waals surface area contributed by atoms with Gasteiger partial charge in [-0.25, -0.2) is 0 Å². The SMILES string of the molecule is O=C(O)CS[C@H](C(=O)N1CCOCC1)c1ccc(Br)cc1. The van der Waals surface area contributed by atoms with E-state index in [1.807, 2.05) is 24.3 Å². The molecule has 1 aromatic rings. The second-order valence-electron chi connectivity index (χ2n) is 4.57. The van der Waals surface area contributed by atoms with E-state index < -0.39 is 11.2 Å². The minimum absolute atomic E-state index is 0.0492. The van der Waals surface area contributed by atoms with Crippen molar-refractivity contribution in [3.8, 4) is 0 Å². The molecule has 7 heteroatoms. The number of halogens is 1. The first-order valence-electron chi connectivity index (χ1n) is 6.53. The Labute approximate surface area is 135 Å². The monoisotopic (exact) mass is 373 g/mol. The Hall–Kier alpha value is -1.05. The summed E-state index contributed by atoms with van der Waals surface area (Å²) >= 11 is 4.50. The summed E-state index contributed by atoms with van der Waals surface area (Å²) in [6.45, 7) is 2.17. The highest BCUT2D eigenvalue weighted by Gasteiger charge is 2.28. The number of hydrogen-bond acceptors (Lipinski definition) is 4. The number of aliphatic carboxylic acids is 1. The van der Waals surface area contributed by atoms with E-state index in [4.69, 9.17) is 9.84 Å². The number of carbonyl (C=O) groups excluding carboxylic acids is 1. The van der Waals surface area contributed by atoms with Crippen LogP contribution in [0.25, 0.3) is 0 Å². The van der Waals surface area contributed by atoms with Crippen LogP contribution in [-0.4, -0.2) is 53.9 Å². The summed E-state index contributed by atoms with van der Waals surface area (Å²) in [5, 5.41) is 8.38. The first-order valence-corrected chi connectivity index (χ1v) is 8.37. The van der Waals surface area contributed by atoms with Gasteiger partial charge in [0, 0.05) is 17.6 Å². The van der Waals surface area contributed by atoms with Crippen LogP contribution < -0.4 is 0 Å². The highest BCUT2D eigenvalue weighted by molar-refractivity contribution is 9.10. The maximum atomic E-state index is 12.6. The number of carbonyl (C=O) groups is 2. The molecule has 0 unspecified atom stereocenters. The molecule has 2 rings (SSSR count). The molecule has 1 aromatic carbocycles. The lowest BCUT2D eigenvalue weighted by Gasteiger charge is -2.30. The van der Waals surface area contributed by atoms with Gasteiger partial charge < -0.3 is 14.7 Å². The summed E-state index contributed by atoms with van der Waals surface area (Å²) in [6.07, 6.45) is 0. The van der Waals surface area contributed by atoms with Crippen molar-refractivity contribution in [2.75, 3.05) is 32.1 Å². The van der Waals surface area contributed by atoms with E-state index in [9.17, 15) is 9.59 Å². The molecule has 0 radical (unpaired) electrons. The van der Waals surface area contributed by atoms with Crippen LogP contribution in [0.5, 0.6) is 0 Å². The third kappa shape index (κ3) is 4.72. The van der Waals surface area contributed by atoms with Gasteiger partial charge in [-0.15, -0.1) is 11.8 Å². The minimum atomic E-state index is -0.920. The average molecular weight is 374 g/mol. The molecule has 1 heterocycles. The van der Waals surface area contributed by atoms with E-state index in [1.54, 1.807) is 4.90 Å². The second-order valence-corrected chi connectivity index (χ2v) is 6.58. The third-order valence-electron chi connectivity index (χ3n) is 3.09. The summed E-state index contributed by atoms with van der Waals surface area (Å²) in [5.74, 6) is -1.07. The van der Waals surface area contributed by atoms with Crippen molar-refractivity contribution in [1.82, 2.24) is 4.90 Å². The normalized spacial score (nSPS) is 16.5. The Morgan fingerprint density at radius 1 is 1.29 bits per heavy atom. The number of amides is 1. The zero-order valence-electron chi connectivity index (χ0n) is 11.3. The maximum absolute atomic E-state index is 12.6. The van der Waals surface area contributed by atoms with Gasteiger partial charge in [-0.3, -0.25) is 9.59 Å². The van der Waals surface area contributed by atoms with Gasteiger partial charge >= 0.3 is 5.97 Å². The van der Waals surface area contributed by atoms with Gasteiger partial charge in [0.15, 0.2) is 0 Å². The number of rotatable bonds is 5. The molecule has 1 saturated heterocycles. The van der Waals surface area contributed by atoms with Crippen LogP contribution >= 0.6 is 27.7 Å². The molecule has 0 bridgehead atoms. The topological polar surface area (TPSA) is 66.8 Å². The minimum Gasteiger partial charge on any atom is -0.481 e. The Bertz CT molecular complexity index is 502. The van der Waals surface area contributed by atoms with Gasteiger partial charge in [0.2, 0.25) is 5.91 Å². The number of hydrogen-bond donors (Lipinski definition) is 1. The van der Waals surface area contributed by atoms with E-state index in [-0.39, 0.29) is 11.7 Å². The van der Waals surface area contributed by atoms with Crippen LogP contribution in [0, 0.1) is 0 Å². The zero-order chi connectivity index (χ0) is 15.2. The van der Waals surface area contributed by atoms with Crippen molar-refractivity contribution in [3.05, 3.63) is 34.3 Å². The third-order valence-corrected chi connectivity index (χ3v) is 4.84. The number of ether oxygens (including phenoxy) is 1. The largest absolute Gasteiger partial charge is 0.481 e. The number of morpholine rings is 1. The van der Waals surface area contributed by atoms with Crippen molar-refractivity contribution in [1.29, 1.82) is 0 Å². The van der Waals surface area contributed by atoms with Gasteiger partial charge in [-0.1, -0.05) is 28.1 Å². The lowest BCUT2D eigenvalue weighted by atomic mass is 10.1. The van der Waals surface area contributed by atoms with E-state index >= 15 is 0 Å². The fourth-order valence-electron chi connectivity index (χ4n) is 2.05. The molecule has 114 valence electrons. The second kappa shape index (κ2) is 7.82. The molecule has 0 aromatic heterocycles. The standard InChI is InChI=1S/C14H16BrNO4S/c15-11-3-1-10(2-4-11)13(21-9-12(17)18)14(19)16-5-7-20-8-6-16/h1-4,13H,5-9H2,(H,17,18)/t13-/m0/s1. The highest BCUT2D eigenvalue weighted by Crippen LogP contribution is 2.32. The first kappa shape index (κ1) is 16.3. The first-order chi connectivity index (χ1) is 10.1. The van der Waals surface area contributed by atoms with E-state index in [1.165, 1.54) is 0 Å². The molecule has 5 nitrogen and oxygen atoms in total. The molecule has 0 saturated carbocycles.